The molecular formula is C15H20FNO3. The number of rotatable bonds is 3. The third-order valence-electron chi connectivity index (χ3n) is 2.60. The first-order chi connectivity index (χ1) is 9.05. The second-order valence-corrected chi connectivity index (χ2v) is 6.16. The van der Waals surface area contributed by atoms with E-state index in [9.17, 15) is 14.0 Å². The van der Waals surface area contributed by atoms with Gasteiger partial charge in [-0.25, -0.2) is 9.18 Å². The fraction of sp³-hybridized carbons (Fsp3) is 0.467. The van der Waals surface area contributed by atoms with Crippen LogP contribution in [0.1, 0.15) is 40.2 Å². The van der Waals surface area contributed by atoms with Crippen molar-refractivity contribution in [2.75, 3.05) is 5.32 Å². The molecule has 0 aliphatic rings. The van der Waals surface area contributed by atoms with Crippen LogP contribution < -0.4 is 5.32 Å². The maximum atomic E-state index is 14.0. The molecule has 0 bridgehead atoms. The van der Waals surface area contributed by atoms with Crippen molar-refractivity contribution in [3.8, 4) is 0 Å². The lowest BCUT2D eigenvalue weighted by Crippen LogP contribution is -2.27. The molecule has 20 heavy (non-hydrogen) atoms. The van der Waals surface area contributed by atoms with E-state index in [-0.39, 0.29) is 11.3 Å². The lowest BCUT2D eigenvalue weighted by molar-refractivity contribution is -0.111. The van der Waals surface area contributed by atoms with E-state index >= 15 is 0 Å². The summed E-state index contributed by atoms with van der Waals surface area (Å²) >= 11 is 0. The molecule has 0 aromatic heterocycles. The van der Waals surface area contributed by atoms with Gasteiger partial charge in [0, 0.05) is 16.7 Å². The van der Waals surface area contributed by atoms with Crippen LogP contribution in [-0.2, 0) is 14.9 Å². The molecule has 110 valence electrons. The van der Waals surface area contributed by atoms with Crippen molar-refractivity contribution in [3.63, 3.8) is 0 Å². The summed E-state index contributed by atoms with van der Waals surface area (Å²) in [6.45, 7) is 8.47. The smallest absolute Gasteiger partial charge is 0.412 e. The lowest BCUT2D eigenvalue weighted by atomic mass is 9.86. The Morgan fingerprint density at radius 2 is 1.85 bits per heavy atom. The quantitative estimate of drug-likeness (QED) is 0.860. The molecule has 1 N–H and O–H groups in total. The van der Waals surface area contributed by atoms with E-state index in [1.807, 2.05) is 0 Å². The Morgan fingerprint density at radius 3 is 2.30 bits per heavy atom. The van der Waals surface area contributed by atoms with Crippen LogP contribution >= 0.6 is 0 Å². The Morgan fingerprint density at radius 1 is 1.25 bits per heavy atom. The summed E-state index contributed by atoms with van der Waals surface area (Å²) < 4.78 is 19.0. The van der Waals surface area contributed by atoms with Gasteiger partial charge in [-0.3, -0.25) is 5.32 Å². The van der Waals surface area contributed by atoms with Crippen LogP contribution in [0.2, 0.25) is 0 Å². The predicted molar refractivity (Wildman–Crippen MR) is 75.3 cm³/mol. The van der Waals surface area contributed by atoms with E-state index in [1.165, 1.54) is 18.2 Å². The number of carbonyl (C=O) groups is 2. The number of halogens is 1. The van der Waals surface area contributed by atoms with Gasteiger partial charge in [-0.15, -0.1) is 0 Å². The van der Waals surface area contributed by atoms with Crippen LogP contribution in [0.3, 0.4) is 0 Å². The predicted octanol–water partition coefficient (Wildman–Crippen LogP) is 3.65. The molecule has 0 aliphatic carbocycles. The zero-order valence-electron chi connectivity index (χ0n) is 12.4. The van der Waals surface area contributed by atoms with E-state index in [4.69, 9.17) is 4.74 Å². The molecule has 0 spiro atoms. The van der Waals surface area contributed by atoms with Crippen LogP contribution in [-0.4, -0.2) is 18.0 Å². The number of hydrogen-bond acceptors (Lipinski definition) is 3. The number of amides is 1. The van der Waals surface area contributed by atoms with Crippen molar-refractivity contribution >= 4 is 18.1 Å². The maximum absolute atomic E-state index is 14.0. The van der Waals surface area contributed by atoms with Crippen LogP contribution in [0.25, 0.3) is 0 Å². The van der Waals surface area contributed by atoms with Gasteiger partial charge in [-0.1, -0.05) is 6.07 Å². The Kier molecular flexibility index (Phi) is 4.53. The van der Waals surface area contributed by atoms with E-state index in [1.54, 1.807) is 34.6 Å². The Hall–Kier alpha value is -1.91. The highest BCUT2D eigenvalue weighted by Crippen LogP contribution is 2.26. The highest BCUT2D eigenvalue weighted by atomic mass is 19.1. The van der Waals surface area contributed by atoms with Crippen LogP contribution in [0.5, 0.6) is 0 Å². The molecule has 1 amide bonds. The SMILES string of the molecule is CC(C)(C)OC(=O)Nc1ccc(C(C)(C)C=O)c(F)c1. The van der Waals surface area contributed by atoms with E-state index in [0.717, 1.165) is 0 Å². The molecule has 5 heteroatoms. The largest absolute Gasteiger partial charge is 0.444 e. The van der Waals surface area contributed by atoms with Gasteiger partial charge in [0.1, 0.15) is 17.7 Å². The molecule has 1 aromatic rings. The van der Waals surface area contributed by atoms with Crippen LogP contribution in [0.4, 0.5) is 14.9 Å². The molecule has 4 nitrogen and oxygen atoms in total. The molecular weight excluding hydrogens is 261 g/mol. The monoisotopic (exact) mass is 281 g/mol. The minimum absolute atomic E-state index is 0.280. The number of nitrogens with one attached hydrogen (secondary N) is 1. The first kappa shape index (κ1) is 16.1. The number of anilines is 1. The van der Waals surface area contributed by atoms with Gasteiger partial charge in [0.15, 0.2) is 0 Å². The first-order valence-electron chi connectivity index (χ1n) is 6.31. The molecule has 0 fully saturated rings. The van der Waals surface area contributed by atoms with E-state index in [2.05, 4.69) is 5.32 Å². The van der Waals surface area contributed by atoms with Crippen molar-refractivity contribution in [2.45, 2.75) is 45.6 Å². The molecule has 0 radical (unpaired) electrons. The second-order valence-electron chi connectivity index (χ2n) is 6.16. The number of carbonyl (C=O) groups excluding carboxylic acids is 2. The van der Waals surface area contributed by atoms with E-state index in [0.29, 0.717) is 6.29 Å². The van der Waals surface area contributed by atoms with Crippen molar-refractivity contribution in [1.29, 1.82) is 0 Å². The summed E-state index contributed by atoms with van der Waals surface area (Å²) in [4.78, 5) is 22.5. The Labute approximate surface area is 118 Å². The summed E-state index contributed by atoms with van der Waals surface area (Å²) in [5.41, 5.74) is -0.971. The number of hydrogen-bond donors (Lipinski definition) is 1. The van der Waals surface area contributed by atoms with Crippen molar-refractivity contribution in [3.05, 3.63) is 29.6 Å². The summed E-state index contributed by atoms with van der Waals surface area (Å²) in [6.07, 6.45) is 0.0335. The number of ether oxygens (including phenoxy) is 1. The van der Waals surface area contributed by atoms with Crippen LogP contribution in [0.15, 0.2) is 18.2 Å². The summed E-state index contributed by atoms with van der Waals surface area (Å²) in [5.74, 6) is -0.546. The number of aldehydes is 1. The average molecular weight is 281 g/mol. The fourth-order valence-corrected chi connectivity index (χ4v) is 1.60. The van der Waals surface area contributed by atoms with E-state index < -0.39 is 22.9 Å². The summed E-state index contributed by atoms with van der Waals surface area (Å²) in [7, 11) is 0. The molecule has 0 atom stereocenters. The minimum Gasteiger partial charge on any atom is -0.444 e. The third kappa shape index (κ3) is 4.33. The van der Waals surface area contributed by atoms with Gasteiger partial charge in [0.2, 0.25) is 0 Å². The minimum atomic E-state index is -0.908. The van der Waals surface area contributed by atoms with Crippen LogP contribution in [0, 0.1) is 5.82 Å². The normalized spacial score (nSPS) is 11.9. The average Bonchev–Trinajstić information content (AvgIpc) is 2.25. The van der Waals surface area contributed by atoms with Gasteiger partial charge in [-0.2, -0.15) is 0 Å². The van der Waals surface area contributed by atoms with Gasteiger partial charge in [-0.05, 0) is 46.8 Å². The van der Waals surface area contributed by atoms with Gasteiger partial charge in [0.25, 0.3) is 0 Å². The Balaban J connectivity index is 2.89. The molecule has 0 heterocycles. The standard InChI is InChI=1S/C15H20FNO3/c1-14(2,3)20-13(19)17-10-6-7-11(12(16)8-10)15(4,5)9-18/h6-9H,1-5H3,(H,17,19). The number of benzene rings is 1. The van der Waals surface area contributed by atoms with Crippen molar-refractivity contribution in [2.24, 2.45) is 0 Å². The maximum Gasteiger partial charge on any atom is 0.412 e. The molecule has 0 aliphatic heterocycles. The molecule has 1 rings (SSSR count). The third-order valence-corrected chi connectivity index (χ3v) is 2.60. The van der Waals surface area contributed by atoms with Gasteiger partial charge < -0.3 is 9.53 Å². The highest BCUT2D eigenvalue weighted by molar-refractivity contribution is 5.85. The van der Waals surface area contributed by atoms with Crippen molar-refractivity contribution < 1.29 is 18.7 Å². The molecule has 0 saturated heterocycles. The second kappa shape index (κ2) is 5.61. The summed E-state index contributed by atoms with van der Waals surface area (Å²) in [5, 5.41) is 2.45. The van der Waals surface area contributed by atoms with Gasteiger partial charge >= 0.3 is 6.09 Å². The topological polar surface area (TPSA) is 55.4 Å². The Bertz CT molecular complexity index is 518. The highest BCUT2D eigenvalue weighted by Gasteiger charge is 2.24. The van der Waals surface area contributed by atoms with Crippen molar-refractivity contribution in [1.82, 2.24) is 0 Å². The first-order valence-corrected chi connectivity index (χ1v) is 6.31. The fourth-order valence-electron chi connectivity index (χ4n) is 1.60. The zero-order chi connectivity index (χ0) is 15.6. The lowest BCUT2D eigenvalue weighted by Gasteiger charge is -2.21. The van der Waals surface area contributed by atoms with Gasteiger partial charge in [0.05, 0.1) is 0 Å². The molecule has 1 aromatic carbocycles. The molecule has 0 saturated carbocycles. The molecule has 0 unspecified atom stereocenters. The zero-order valence-corrected chi connectivity index (χ0v) is 12.4. The summed E-state index contributed by atoms with van der Waals surface area (Å²) in [6, 6.07) is 4.19.